The van der Waals surface area contributed by atoms with Crippen LogP contribution >= 0.6 is 0 Å². The third-order valence-electron chi connectivity index (χ3n) is 3.64. The molecule has 0 heterocycles. The van der Waals surface area contributed by atoms with Gasteiger partial charge in [-0.2, -0.15) is 5.26 Å². The fourth-order valence-electron chi connectivity index (χ4n) is 2.49. The van der Waals surface area contributed by atoms with Crippen molar-refractivity contribution in [3.05, 3.63) is 59.7 Å². The number of unbranched alkanes of at least 4 members (excludes halogenated alkanes) is 3. The van der Waals surface area contributed by atoms with Gasteiger partial charge in [0.05, 0.1) is 11.6 Å². The molecule has 102 valence electrons. The number of nitriles is 1. The van der Waals surface area contributed by atoms with Crippen LogP contribution in [0.4, 0.5) is 0 Å². The van der Waals surface area contributed by atoms with Gasteiger partial charge in [0.25, 0.3) is 0 Å². The van der Waals surface area contributed by atoms with Crippen LogP contribution < -0.4 is 0 Å². The summed E-state index contributed by atoms with van der Waals surface area (Å²) in [6, 6.07) is 18.6. The third kappa shape index (κ3) is 3.71. The van der Waals surface area contributed by atoms with Crippen molar-refractivity contribution in [2.45, 2.75) is 39.0 Å². The average molecular weight is 263 g/mol. The first-order valence-electron chi connectivity index (χ1n) is 7.43. The van der Waals surface area contributed by atoms with E-state index in [9.17, 15) is 0 Å². The lowest BCUT2D eigenvalue weighted by molar-refractivity contribution is 0.667. The summed E-state index contributed by atoms with van der Waals surface area (Å²) in [5.74, 6) is 0. The van der Waals surface area contributed by atoms with Crippen molar-refractivity contribution in [3.63, 3.8) is 0 Å². The Balaban J connectivity index is 2.16. The first kappa shape index (κ1) is 14.3. The van der Waals surface area contributed by atoms with Crippen LogP contribution in [0.2, 0.25) is 0 Å². The Hall–Kier alpha value is -2.07. The minimum Gasteiger partial charge on any atom is -0.192 e. The number of aryl methyl sites for hydroxylation is 1. The van der Waals surface area contributed by atoms with E-state index in [0.717, 1.165) is 6.42 Å². The molecule has 1 heteroatoms. The molecule has 0 aliphatic heterocycles. The Morgan fingerprint density at radius 1 is 0.900 bits per heavy atom. The zero-order valence-corrected chi connectivity index (χ0v) is 12.1. The predicted octanol–water partition coefficient (Wildman–Crippen LogP) is 5.35. The normalized spacial score (nSPS) is 10.2. The molecule has 0 aliphatic carbocycles. The highest BCUT2D eigenvalue weighted by atomic mass is 14.2. The zero-order valence-electron chi connectivity index (χ0n) is 12.1. The Morgan fingerprint density at radius 2 is 1.65 bits per heavy atom. The Kier molecular flexibility index (Phi) is 5.38. The van der Waals surface area contributed by atoms with Crippen molar-refractivity contribution in [2.75, 3.05) is 0 Å². The standard InChI is InChI=1S/C19H21N/c1-2-3-4-5-8-17-9-6-7-10-19(17)18-13-11-16(15-20)12-14-18/h6-7,9-14H,2-5,8H2,1H3. The zero-order chi connectivity index (χ0) is 14.2. The van der Waals surface area contributed by atoms with Gasteiger partial charge in [0.1, 0.15) is 0 Å². The molecule has 0 atom stereocenters. The van der Waals surface area contributed by atoms with Crippen molar-refractivity contribution in [1.29, 1.82) is 5.26 Å². The van der Waals surface area contributed by atoms with E-state index in [0.29, 0.717) is 5.56 Å². The van der Waals surface area contributed by atoms with E-state index >= 15 is 0 Å². The molecule has 2 aromatic rings. The van der Waals surface area contributed by atoms with E-state index in [-0.39, 0.29) is 0 Å². The van der Waals surface area contributed by atoms with E-state index in [1.807, 2.05) is 24.3 Å². The van der Waals surface area contributed by atoms with Crippen LogP contribution in [-0.2, 0) is 6.42 Å². The summed E-state index contributed by atoms with van der Waals surface area (Å²) in [5, 5.41) is 8.87. The molecule has 0 N–H and O–H groups in total. The average Bonchev–Trinajstić information content (AvgIpc) is 2.52. The summed E-state index contributed by atoms with van der Waals surface area (Å²) in [6.45, 7) is 2.24. The number of nitrogens with zero attached hydrogens (tertiary/aromatic N) is 1. The molecule has 20 heavy (non-hydrogen) atoms. The topological polar surface area (TPSA) is 23.8 Å². The molecule has 0 saturated heterocycles. The molecule has 0 radical (unpaired) electrons. The van der Waals surface area contributed by atoms with Gasteiger partial charge in [-0.05, 0) is 41.7 Å². The summed E-state index contributed by atoms with van der Waals surface area (Å²) in [5.41, 5.74) is 4.63. The molecule has 0 aliphatic rings. The minimum atomic E-state index is 0.717. The van der Waals surface area contributed by atoms with Crippen molar-refractivity contribution < 1.29 is 0 Å². The van der Waals surface area contributed by atoms with Crippen LogP contribution in [0.5, 0.6) is 0 Å². The molecular weight excluding hydrogens is 242 g/mol. The second kappa shape index (κ2) is 7.50. The molecule has 0 saturated carbocycles. The van der Waals surface area contributed by atoms with Gasteiger partial charge in [-0.1, -0.05) is 62.6 Å². The molecule has 0 aromatic heterocycles. The van der Waals surface area contributed by atoms with Gasteiger partial charge in [-0.25, -0.2) is 0 Å². The van der Waals surface area contributed by atoms with Gasteiger partial charge in [0, 0.05) is 0 Å². The molecule has 0 unspecified atom stereocenters. The molecule has 1 nitrogen and oxygen atoms in total. The number of hydrogen-bond donors (Lipinski definition) is 0. The van der Waals surface area contributed by atoms with Gasteiger partial charge in [0.2, 0.25) is 0 Å². The lowest BCUT2D eigenvalue weighted by Gasteiger charge is -2.09. The summed E-state index contributed by atoms with van der Waals surface area (Å²) in [4.78, 5) is 0. The third-order valence-corrected chi connectivity index (χ3v) is 3.64. The van der Waals surface area contributed by atoms with Crippen LogP contribution in [0.15, 0.2) is 48.5 Å². The summed E-state index contributed by atoms with van der Waals surface area (Å²) in [6.07, 6.45) is 6.28. The number of benzene rings is 2. The molecule has 2 aromatic carbocycles. The van der Waals surface area contributed by atoms with Crippen molar-refractivity contribution in [1.82, 2.24) is 0 Å². The summed E-state index contributed by atoms with van der Waals surface area (Å²) in [7, 11) is 0. The lowest BCUT2D eigenvalue weighted by atomic mass is 9.95. The second-order valence-electron chi connectivity index (χ2n) is 5.16. The van der Waals surface area contributed by atoms with E-state index < -0.39 is 0 Å². The van der Waals surface area contributed by atoms with Gasteiger partial charge >= 0.3 is 0 Å². The van der Waals surface area contributed by atoms with Gasteiger partial charge in [0.15, 0.2) is 0 Å². The van der Waals surface area contributed by atoms with Crippen molar-refractivity contribution in [3.8, 4) is 17.2 Å². The smallest absolute Gasteiger partial charge is 0.0991 e. The van der Waals surface area contributed by atoms with Gasteiger partial charge in [-0.15, -0.1) is 0 Å². The Morgan fingerprint density at radius 3 is 2.35 bits per heavy atom. The van der Waals surface area contributed by atoms with Crippen molar-refractivity contribution in [2.24, 2.45) is 0 Å². The Bertz CT molecular complexity index is 575. The molecule has 2 rings (SSSR count). The minimum absolute atomic E-state index is 0.717. The molecule has 0 spiro atoms. The number of rotatable bonds is 6. The fourth-order valence-corrected chi connectivity index (χ4v) is 2.49. The van der Waals surface area contributed by atoms with Gasteiger partial charge < -0.3 is 0 Å². The van der Waals surface area contributed by atoms with Crippen LogP contribution in [0.25, 0.3) is 11.1 Å². The second-order valence-corrected chi connectivity index (χ2v) is 5.16. The SMILES string of the molecule is CCCCCCc1ccccc1-c1ccc(C#N)cc1. The quantitative estimate of drug-likeness (QED) is 0.645. The maximum Gasteiger partial charge on any atom is 0.0991 e. The molecule has 0 amide bonds. The van der Waals surface area contributed by atoms with E-state index in [1.165, 1.54) is 42.4 Å². The summed E-state index contributed by atoms with van der Waals surface area (Å²) >= 11 is 0. The first-order valence-corrected chi connectivity index (χ1v) is 7.43. The predicted molar refractivity (Wildman–Crippen MR) is 84.4 cm³/mol. The Labute approximate surface area is 121 Å². The highest BCUT2D eigenvalue weighted by molar-refractivity contribution is 5.68. The number of hydrogen-bond acceptors (Lipinski definition) is 1. The molecule has 0 fully saturated rings. The molecular formula is C19H21N. The van der Waals surface area contributed by atoms with Crippen LogP contribution in [0.3, 0.4) is 0 Å². The van der Waals surface area contributed by atoms with E-state index in [1.54, 1.807) is 0 Å². The summed E-state index contributed by atoms with van der Waals surface area (Å²) < 4.78 is 0. The first-order chi connectivity index (χ1) is 9.85. The van der Waals surface area contributed by atoms with Gasteiger partial charge in [-0.3, -0.25) is 0 Å². The van der Waals surface area contributed by atoms with Crippen LogP contribution in [0, 0.1) is 11.3 Å². The van der Waals surface area contributed by atoms with E-state index in [2.05, 4.69) is 37.3 Å². The lowest BCUT2D eigenvalue weighted by Crippen LogP contribution is -1.91. The monoisotopic (exact) mass is 263 g/mol. The maximum absolute atomic E-state index is 8.87. The highest BCUT2D eigenvalue weighted by Gasteiger charge is 2.04. The van der Waals surface area contributed by atoms with Crippen LogP contribution in [-0.4, -0.2) is 0 Å². The van der Waals surface area contributed by atoms with Crippen LogP contribution in [0.1, 0.15) is 43.7 Å². The largest absolute Gasteiger partial charge is 0.192 e. The fraction of sp³-hybridized carbons (Fsp3) is 0.316. The van der Waals surface area contributed by atoms with E-state index in [4.69, 9.17) is 5.26 Å². The van der Waals surface area contributed by atoms with Crippen molar-refractivity contribution >= 4 is 0 Å². The molecule has 0 bridgehead atoms. The maximum atomic E-state index is 8.87. The highest BCUT2D eigenvalue weighted by Crippen LogP contribution is 2.25.